The number of nitrogens with zero attached hydrogens (tertiary/aromatic N) is 2. The van der Waals surface area contributed by atoms with E-state index in [1.165, 1.54) is 25.0 Å². The van der Waals surface area contributed by atoms with Crippen LogP contribution in [0.3, 0.4) is 0 Å². The summed E-state index contributed by atoms with van der Waals surface area (Å²) in [4.78, 5) is 2.04. The first-order chi connectivity index (χ1) is 8.24. The highest BCUT2D eigenvalue weighted by atomic mass is 35.5. The van der Waals surface area contributed by atoms with Gasteiger partial charge in [-0.25, -0.2) is 4.39 Å². The van der Waals surface area contributed by atoms with E-state index in [0.29, 0.717) is 10.7 Å². The zero-order valence-corrected chi connectivity index (χ0v) is 10.3. The van der Waals surface area contributed by atoms with E-state index in [1.54, 1.807) is 0 Å². The molecule has 1 aliphatic rings. The van der Waals surface area contributed by atoms with Crippen LogP contribution in [0.5, 0.6) is 0 Å². The van der Waals surface area contributed by atoms with Gasteiger partial charge in [-0.05, 0) is 25.0 Å². The van der Waals surface area contributed by atoms with Crippen LogP contribution in [-0.2, 0) is 0 Å². The molecular formula is C13H14ClFN2. The molecule has 1 aromatic rings. The van der Waals surface area contributed by atoms with Crippen LogP contribution in [0.2, 0.25) is 5.02 Å². The van der Waals surface area contributed by atoms with Crippen molar-refractivity contribution in [2.24, 2.45) is 0 Å². The van der Waals surface area contributed by atoms with Gasteiger partial charge in [0.2, 0.25) is 0 Å². The van der Waals surface area contributed by atoms with Crippen molar-refractivity contribution in [1.29, 1.82) is 5.26 Å². The quantitative estimate of drug-likeness (QED) is 0.762. The second kappa shape index (κ2) is 5.37. The molecule has 0 spiro atoms. The second-order valence-corrected chi connectivity index (χ2v) is 4.67. The Morgan fingerprint density at radius 1 is 1.18 bits per heavy atom. The molecule has 0 bridgehead atoms. The van der Waals surface area contributed by atoms with Gasteiger partial charge in [0.25, 0.3) is 0 Å². The number of anilines is 1. The fourth-order valence-corrected chi connectivity index (χ4v) is 2.53. The summed E-state index contributed by atoms with van der Waals surface area (Å²) in [6, 6.07) is 4.70. The summed E-state index contributed by atoms with van der Waals surface area (Å²) in [5.74, 6) is -0.490. The van der Waals surface area contributed by atoms with Gasteiger partial charge in [-0.1, -0.05) is 24.4 Å². The van der Waals surface area contributed by atoms with E-state index in [0.717, 1.165) is 25.9 Å². The van der Waals surface area contributed by atoms with Crippen molar-refractivity contribution in [3.63, 3.8) is 0 Å². The summed E-state index contributed by atoms with van der Waals surface area (Å²) in [7, 11) is 0. The van der Waals surface area contributed by atoms with Gasteiger partial charge in [-0.3, -0.25) is 0 Å². The maximum Gasteiger partial charge on any atom is 0.143 e. The summed E-state index contributed by atoms with van der Waals surface area (Å²) in [5.41, 5.74) is 0.635. The smallest absolute Gasteiger partial charge is 0.143 e. The third kappa shape index (κ3) is 2.53. The maximum absolute atomic E-state index is 13.6. The lowest BCUT2D eigenvalue weighted by molar-refractivity contribution is 0.622. The normalized spacial score (nSPS) is 16.4. The number of rotatable bonds is 1. The number of hydrogen-bond donors (Lipinski definition) is 0. The van der Waals surface area contributed by atoms with Gasteiger partial charge in [0.05, 0.1) is 10.7 Å². The Bertz CT molecular complexity index is 445. The largest absolute Gasteiger partial charge is 0.369 e. The first kappa shape index (κ1) is 12.2. The molecule has 0 saturated carbocycles. The van der Waals surface area contributed by atoms with Crippen molar-refractivity contribution in [3.05, 3.63) is 28.5 Å². The lowest BCUT2D eigenvalue weighted by atomic mass is 10.1. The van der Waals surface area contributed by atoms with Crippen molar-refractivity contribution < 1.29 is 4.39 Å². The van der Waals surface area contributed by atoms with Crippen molar-refractivity contribution >= 4 is 17.3 Å². The molecule has 2 nitrogen and oxygen atoms in total. The minimum Gasteiger partial charge on any atom is -0.369 e. The minimum absolute atomic E-state index is 0.0689. The molecule has 2 rings (SSSR count). The molecule has 0 radical (unpaired) electrons. The van der Waals surface area contributed by atoms with Gasteiger partial charge < -0.3 is 4.90 Å². The van der Waals surface area contributed by atoms with E-state index in [4.69, 9.17) is 16.9 Å². The van der Waals surface area contributed by atoms with Gasteiger partial charge in [0.1, 0.15) is 17.4 Å². The highest BCUT2D eigenvalue weighted by molar-refractivity contribution is 6.33. The van der Waals surface area contributed by atoms with Crippen molar-refractivity contribution in [3.8, 4) is 6.07 Å². The third-order valence-corrected chi connectivity index (χ3v) is 3.42. The molecule has 0 amide bonds. The Hall–Kier alpha value is -1.27. The Kier molecular flexibility index (Phi) is 3.86. The fourth-order valence-electron chi connectivity index (χ4n) is 2.25. The SMILES string of the molecule is N#Cc1c(F)ccc(Cl)c1N1CCCCCC1. The van der Waals surface area contributed by atoms with Crippen molar-refractivity contribution in [2.75, 3.05) is 18.0 Å². The van der Waals surface area contributed by atoms with Crippen LogP contribution in [0.4, 0.5) is 10.1 Å². The summed E-state index contributed by atoms with van der Waals surface area (Å²) in [5, 5.41) is 9.51. The molecule has 17 heavy (non-hydrogen) atoms. The number of benzene rings is 1. The lowest BCUT2D eigenvalue weighted by Crippen LogP contribution is -2.25. The molecule has 90 valence electrons. The average Bonchev–Trinajstić information content (AvgIpc) is 2.60. The maximum atomic E-state index is 13.6. The highest BCUT2D eigenvalue weighted by Crippen LogP contribution is 2.32. The highest BCUT2D eigenvalue weighted by Gasteiger charge is 2.19. The summed E-state index contributed by atoms with van der Waals surface area (Å²) >= 11 is 6.11. The predicted octanol–water partition coefficient (Wildman–Crippen LogP) is 3.73. The molecule has 1 saturated heterocycles. The Morgan fingerprint density at radius 3 is 2.41 bits per heavy atom. The Morgan fingerprint density at radius 2 is 1.82 bits per heavy atom. The summed E-state index contributed by atoms with van der Waals surface area (Å²) in [6.07, 6.45) is 4.51. The van der Waals surface area contributed by atoms with E-state index in [-0.39, 0.29) is 5.56 Å². The van der Waals surface area contributed by atoms with E-state index < -0.39 is 5.82 Å². The molecule has 1 aromatic carbocycles. The Labute approximate surface area is 106 Å². The van der Waals surface area contributed by atoms with E-state index in [9.17, 15) is 4.39 Å². The first-order valence-corrected chi connectivity index (χ1v) is 6.25. The standard InChI is InChI=1S/C13H14ClFN2/c14-11-5-6-12(15)10(9-16)13(11)17-7-3-1-2-4-8-17/h5-6H,1-4,7-8H2. The van der Waals surface area contributed by atoms with E-state index in [2.05, 4.69) is 0 Å². The zero-order chi connectivity index (χ0) is 12.3. The van der Waals surface area contributed by atoms with Gasteiger partial charge in [0.15, 0.2) is 0 Å². The monoisotopic (exact) mass is 252 g/mol. The molecule has 0 aliphatic carbocycles. The zero-order valence-electron chi connectivity index (χ0n) is 9.55. The molecule has 4 heteroatoms. The summed E-state index contributed by atoms with van der Waals surface area (Å²) in [6.45, 7) is 1.69. The lowest BCUT2D eigenvalue weighted by Gasteiger charge is -2.24. The van der Waals surface area contributed by atoms with Crippen LogP contribution >= 0.6 is 11.6 Å². The summed E-state index contributed by atoms with van der Waals surface area (Å²) < 4.78 is 13.6. The Balaban J connectivity index is 2.42. The number of nitriles is 1. The molecule has 0 atom stereocenters. The van der Waals surface area contributed by atoms with Gasteiger partial charge in [-0.15, -0.1) is 0 Å². The molecule has 1 fully saturated rings. The van der Waals surface area contributed by atoms with Crippen LogP contribution in [0.15, 0.2) is 12.1 Å². The van der Waals surface area contributed by atoms with E-state index >= 15 is 0 Å². The van der Waals surface area contributed by atoms with Gasteiger partial charge in [0, 0.05) is 13.1 Å². The predicted molar refractivity (Wildman–Crippen MR) is 66.8 cm³/mol. The van der Waals surface area contributed by atoms with Crippen LogP contribution in [0.1, 0.15) is 31.2 Å². The molecule has 0 unspecified atom stereocenters. The number of halogens is 2. The number of hydrogen-bond acceptors (Lipinski definition) is 2. The van der Waals surface area contributed by atoms with Crippen molar-refractivity contribution in [1.82, 2.24) is 0 Å². The van der Waals surface area contributed by atoms with Crippen LogP contribution in [0.25, 0.3) is 0 Å². The van der Waals surface area contributed by atoms with Crippen molar-refractivity contribution in [2.45, 2.75) is 25.7 Å². The van der Waals surface area contributed by atoms with E-state index in [1.807, 2.05) is 11.0 Å². The molecule has 1 aliphatic heterocycles. The minimum atomic E-state index is -0.490. The molecule has 0 aromatic heterocycles. The van der Waals surface area contributed by atoms with Crippen LogP contribution in [-0.4, -0.2) is 13.1 Å². The second-order valence-electron chi connectivity index (χ2n) is 4.27. The van der Waals surface area contributed by atoms with Gasteiger partial charge in [-0.2, -0.15) is 5.26 Å². The topological polar surface area (TPSA) is 27.0 Å². The molecular weight excluding hydrogens is 239 g/mol. The molecule has 1 heterocycles. The van der Waals surface area contributed by atoms with Crippen LogP contribution < -0.4 is 4.90 Å². The first-order valence-electron chi connectivity index (χ1n) is 5.87. The third-order valence-electron chi connectivity index (χ3n) is 3.11. The molecule has 0 N–H and O–H groups in total. The fraction of sp³-hybridized carbons (Fsp3) is 0.462. The average molecular weight is 253 g/mol. The van der Waals surface area contributed by atoms with Gasteiger partial charge >= 0.3 is 0 Å². The van der Waals surface area contributed by atoms with Crippen LogP contribution in [0, 0.1) is 17.1 Å².